The fraction of sp³-hybridized carbons (Fsp3) is 0.125. The molecule has 7 nitrogen and oxygen atoms in total. The molecule has 3 heterocycles. The van der Waals surface area contributed by atoms with Gasteiger partial charge in [-0.15, -0.1) is 0 Å². The van der Waals surface area contributed by atoms with Crippen molar-refractivity contribution in [2.75, 3.05) is 0 Å². The van der Waals surface area contributed by atoms with Gasteiger partial charge in [-0.25, -0.2) is 19.0 Å². The molecule has 0 saturated heterocycles. The molecule has 0 aliphatic carbocycles. The second kappa shape index (κ2) is 5.82. The lowest BCUT2D eigenvalue weighted by atomic mass is 10.2. The molecule has 4 rings (SSSR count). The van der Waals surface area contributed by atoms with Gasteiger partial charge in [-0.2, -0.15) is 10.2 Å². The molecule has 120 valence electrons. The highest BCUT2D eigenvalue weighted by molar-refractivity contribution is 5.89. The zero-order valence-electron chi connectivity index (χ0n) is 12.6. The van der Waals surface area contributed by atoms with Gasteiger partial charge in [0.25, 0.3) is 0 Å². The van der Waals surface area contributed by atoms with Gasteiger partial charge in [-0.1, -0.05) is 18.2 Å². The predicted molar refractivity (Wildman–Crippen MR) is 86.3 cm³/mol. The number of hydrogen-bond donors (Lipinski definition) is 2. The zero-order chi connectivity index (χ0) is 16.5. The summed E-state index contributed by atoms with van der Waals surface area (Å²) in [4.78, 5) is 8.69. The van der Waals surface area contributed by atoms with Crippen LogP contribution in [-0.4, -0.2) is 29.9 Å². The third-order valence-electron chi connectivity index (χ3n) is 3.72. The average molecular weight is 323 g/mol. The number of nitrogens with one attached hydrogen (secondary N) is 1. The Labute approximate surface area is 136 Å². The van der Waals surface area contributed by atoms with Crippen LogP contribution in [0, 0.1) is 5.82 Å². The number of nitrogens with two attached hydrogens (primary N) is 1. The summed E-state index contributed by atoms with van der Waals surface area (Å²) in [6, 6.07) is 10.3. The predicted octanol–water partition coefficient (Wildman–Crippen LogP) is 1.86. The molecule has 0 radical (unpaired) electrons. The number of aromatic nitrogens is 6. The minimum atomic E-state index is -0.276. The maximum absolute atomic E-state index is 13.9. The summed E-state index contributed by atoms with van der Waals surface area (Å²) < 4.78 is 15.6. The summed E-state index contributed by atoms with van der Waals surface area (Å²) in [6.07, 6.45) is 1.68. The Morgan fingerprint density at radius 1 is 1.17 bits per heavy atom. The Morgan fingerprint density at radius 3 is 2.83 bits per heavy atom. The topological polar surface area (TPSA) is 98.3 Å². The summed E-state index contributed by atoms with van der Waals surface area (Å²) in [6.45, 7) is 0.535. The number of rotatable bonds is 4. The fourth-order valence-electron chi connectivity index (χ4n) is 2.57. The highest BCUT2D eigenvalue weighted by Gasteiger charge is 2.17. The number of benzene rings is 1. The number of pyridine rings is 1. The van der Waals surface area contributed by atoms with E-state index in [0.29, 0.717) is 28.6 Å². The molecule has 0 spiro atoms. The molecule has 0 aliphatic heterocycles. The highest BCUT2D eigenvalue weighted by atomic mass is 19.1. The van der Waals surface area contributed by atoms with E-state index >= 15 is 0 Å². The molecular weight excluding hydrogens is 309 g/mol. The van der Waals surface area contributed by atoms with Crippen molar-refractivity contribution in [3.63, 3.8) is 0 Å². The van der Waals surface area contributed by atoms with Gasteiger partial charge in [0.1, 0.15) is 17.3 Å². The molecule has 8 heteroatoms. The second-order valence-electron chi connectivity index (χ2n) is 5.28. The Hall–Kier alpha value is -3.13. The number of hydrogen-bond acceptors (Lipinski definition) is 5. The van der Waals surface area contributed by atoms with Crippen LogP contribution in [0.15, 0.2) is 42.6 Å². The summed E-state index contributed by atoms with van der Waals surface area (Å²) in [5, 5.41) is 12.3. The van der Waals surface area contributed by atoms with Gasteiger partial charge >= 0.3 is 0 Å². The molecule has 24 heavy (non-hydrogen) atoms. The maximum Gasteiger partial charge on any atom is 0.202 e. The van der Waals surface area contributed by atoms with Crippen molar-refractivity contribution < 1.29 is 4.39 Å². The van der Waals surface area contributed by atoms with Crippen LogP contribution in [0.1, 0.15) is 11.4 Å². The molecular formula is C16H14FN7. The largest absolute Gasteiger partial charge is 0.324 e. The van der Waals surface area contributed by atoms with Crippen LogP contribution < -0.4 is 5.73 Å². The molecule has 0 unspecified atom stereocenters. The van der Waals surface area contributed by atoms with Crippen molar-refractivity contribution in [2.24, 2.45) is 5.73 Å². The second-order valence-corrected chi connectivity index (χ2v) is 5.28. The highest BCUT2D eigenvalue weighted by Crippen LogP contribution is 2.25. The molecule has 3 N–H and O–H groups in total. The molecule has 0 bridgehead atoms. The SMILES string of the molecule is NCc1nc(-c2nn(Cc3ccccc3F)c3ncccc23)n[nH]1. The smallest absolute Gasteiger partial charge is 0.202 e. The molecule has 0 atom stereocenters. The van der Waals surface area contributed by atoms with Crippen molar-refractivity contribution in [3.8, 4) is 11.5 Å². The van der Waals surface area contributed by atoms with E-state index < -0.39 is 0 Å². The third kappa shape index (κ3) is 2.42. The number of H-pyrrole nitrogens is 1. The van der Waals surface area contributed by atoms with E-state index in [1.807, 2.05) is 12.1 Å². The summed E-state index contributed by atoms with van der Waals surface area (Å²) in [7, 11) is 0. The van der Waals surface area contributed by atoms with Crippen LogP contribution in [0.2, 0.25) is 0 Å². The van der Waals surface area contributed by atoms with Crippen LogP contribution >= 0.6 is 0 Å². The molecule has 3 aromatic heterocycles. The Bertz CT molecular complexity index is 1000. The van der Waals surface area contributed by atoms with E-state index in [1.54, 1.807) is 29.1 Å². The number of fused-ring (bicyclic) bond motifs is 1. The first kappa shape index (κ1) is 14.5. The summed E-state index contributed by atoms with van der Waals surface area (Å²) >= 11 is 0. The molecule has 0 fully saturated rings. The van der Waals surface area contributed by atoms with E-state index in [-0.39, 0.29) is 18.9 Å². The van der Waals surface area contributed by atoms with Crippen molar-refractivity contribution in [3.05, 3.63) is 59.8 Å². The standard InChI is InChI=1S/C16H14FN7/c17-12-6-2-1-4-10(12)9-24-16-11(5-3-7-19-16)14(23-24)15-20-13(8-18)21-22-15/h1-7H,8-9,18H2,(H,20,21,22). The Morgan fingerprint density at radius 2 is 2.04 bits per heavy atom. The first-order chi connectivity index (χ1) is 11.8. The molecule has 4 aromatic rings. The van der Waals surface area contributed by atoms with E-state index in [4.69, 9.17) is 5.73 Å². The van der Waals surface area contributed by atoms with Crippen molar-refractivity contribution in [2.45, 2.75) is 13.1 Å². The molecule has 1 aromatic carbocycles. The zero-order valence-corrected chi connectivity index (χ0v) is 12.6. The van der Waals surface area contributed by atoms with Crippen LogP contribution in [0.25, 0.3) is 22.6 Å². The molecule has 0 amide bonds. The van der Waals surface area contributed by atoms with E-state index in [0.717, 1.165) is 5.39 Å². The van der Waals surface area contributed by atoms with Crippen LogP contribution in [0.5, 0.6) is 0 Å². The lowest BCUT2D eigenvalue weighted by molar-refractivity contribution is 0.589. The van der Waals surface area contributed by atoms with E-state index in [1.165, 1.54) is 6.07 Å². The third-order valence-corrected chi connectivity index (χ3v) is 3.72. The van der Waals surface area contributed by atoms with Gasteiger partial charge in [0.15, 0.2) is 5.65 Å². The lowest BCUT2D eigenvalue weighted by Crippen LogP contribution is -2.04. The molecule has 0 saturated carbocycles. The minimum absolute atomic E-state index is 0.263. The van der Waals surface area contributed by atoms with Gasteiger partial charge in [-0.3, -0.25) is 5.10 Å². The molecule has 0 aliphatic rings. The summed E-state index contributed by atoms with van der Waals surface area (Å²) in [5.41, 5.74) is 7.34. The fourth-order valence-corrected chi connectivity index (χ4v) is 2.57. The minimum Gasteiger partial charge on any atom is -0.324 e. The van der Waals surface area contributed by atoms with Gasteiger partial charge in [-0.05, 0) is 18.2 Å². The van der Waals surface area contributed by atoms with Gasteiger partial charge in [0, 0.05) is 11.8 Å². The maximum atomic E-state index is 13.9. The van der Waals surface area contributed by atoms with Gasteiger partial charge in [0.2, 0.25) is 5.82 Å². The average Bonchev–Trinajstić information content (AvgIpc) is 3.22. The Balaban J connectivity index is 1.83. The summed E-state index contributed by atoms with van der Waals surface area (Å²) in [5.74, 6) is 0.744. The monoisotopic (exact) mass is 323 g/mol. The van der Waals surface area contributed by atoms with Crippen LogP contribution in [0.3, 0.4) is 0 Å². The van der Waals surface area contributed by atoms with Crippen molar-refractivity contribution in [1.29, 1.82) is 0 Å². The van der Waals surface area contributed by atoms with Crippen LogP contribution in [-0.2, 0) is 13.1 Å². The van der Waals surface area contributed by atoms with Crippen LogP contribution in [0.4, 0.5) is 4.39 Å². The van der Waals surface area contributed by atoms with Crippen molar-refractivity contribution >= 4 is 11.0 Å². The number of halogens is 1. The quantitative estimate of drug-likeness (QED) is 0.597. The van der Waals surface area contributed by atoms with Gasteiger partial charge in [0.05, 0.1) is 18.5 Å². The number of aromatic amines is 1. The van der Waals surface area contributed by atoms with E-state index in [9.17, 15) is 4.39 Å². The first-order valence-electron chi connectivity index (χ1n) is 7.43. The lowest BCUT2D eigenvalue weighted by Gasteiger charge is -2.04. The number of nitrogens with zero attached hydrogens (tertiary/aromatic N) is 5. The van der Waals surface area contributed by atoms with Gasteiger partial charge < -0.3 is 5.73 Å². The Kier molecular flexibility index (Phi) is 3.51. The normalized spacial score (nSPS) is 11.2. The van der Waals surface area contributed by atoms with E-state index in [2.05, 4.69) is 25.3 Å². The van der Waals surface area contributed by atoms with Crippen molar-refractivity contribution in [1.82, 2.24) is 29.9 Å². The first-order valence-corrected chi connectivity index (χ1v) is 7.43.